The minimum atomic E-state index is -1.55. The summed E-state index contributed by atoms with van der Waals surface area (Å²) in [5, 5.41) is 2.54. The molecule has 13 nitrogen and oxygen atoms in total. The SMILES string of the molecule is CC(=O)OC[C@@H]1O[C@H](OC(C)=O)[C@H](NC(=O)c2ccccc2OC(C)=O)[C@H](OC(C)=O)[C@H]1OC(C)=O. The van der Waals surface area contributed by atoms with Gasteiger partial charge >= 0.3 is 29.8 Å². The van der Waals surface area contributed by atoms with Crippen molar-refractivity contribution in [1.82, 2.24) is 5.32 Å². The van der Waals surface area contributed by atoms with Crippen LogP contribution in [0.4, 0.5) is 0 Å². The Balaban J connectivity index is 2.50. The first kappa shape index (κ1) is 28.2. The van der Waals surface area contributed by atoms with Crippen LogP contribution in [0.2, 0.25) is 0 Å². The highest BCUT2D eigenvalue weighted by atomic mass is 16.7. The van der Waals surface area contributed by atoms with Crippen LogP contribution in [-0.2, 0) is 47.7 Å². The van der Waals surface area contributed by atoms with Gasteiger partial charge in [0.15, 0.2) is 12.2 Å². The van der Waals surface area contributed by atoms with Gasteiger partial charge in [-0.15, -0.1) is 0 Å². The molecule has 1 heterocycles. The van der Waals surface area contributed by atoms with Gasteiger partial charge in [0.25, 0.3) is 5.91 Å². The molecule has 1 fully saturated rings. The third-order valence-corrected chi connectivity index (χ3v) is 4.67. The Hall–Kier alpha value is -4.00. The fourth-order valence-corrected chi connectivity index (χ4v) is 3.45. The summed E-state index contributed by atoms with van der Waals surface area (Å²) in [6.45, 7) is 5.10. The summed E-state index contributed by atoms with van der Waals surface area (Å²) in [5.74, 6) is -4.62. The van der Waals surface area contributed by atoms with Crippen molar-refractivity contribution in [2.45, 2.75) is 65.3 Å². The van der Waals surface area contributed by atoms with Gasteiger partial charge in [0.05, 0.1) is 5.56 Å². The van der Waals surface area contributed by atoms with Crippen LogP contribution in [-0.4, -0.2) is 73.0 Å². The molecule has 1 amide bonds. The summed E-state index contributed by atoms with van der Waals surface area (Å²) in [6, 6.07) is 4.42. The van der Waals surface area contributed by atoms with Gasteiger partial charge in [-0.05, 0) is 12.1 Å². The van der Waals surface area contributed by atoms with Crippen molar-refractivity contribution in [3.8, 4) is 5.75 Å². The van der Waals surface area contributed by atoms with Gasteiger partial charge < -0.3 is 33.7 Å². The highest BCUT2D eigenvalue weighted by molar-refractivity contribution is 5.97. The Kier molecular flexibility index (Phi) is 9.91. The molecule has 0 aromatic heterocycles. The fourth-order valence-electron chi connectivity index (χ4n) is 3.45. The van der Waals surface area contributed by atoms with Crippen LogP contribution >= 0.6 is 0 Å². The third kappa shape index (κ3) is 8.05. The molecule has 1 N–H and O–H groups in total. The van der Waals surface area contributed by atoms with Gasteiger partial charge in [-0.25, -0.2) is 0 Å². The third-order valence-electron chi connectivity index (χ3n) is 4.67. The number of ether oxygens (including phenoxy) is 6. The molecule has 0 aliphatic carbocycles. The summed E-state index contributed by atoms with van der Waals surface area (Å²) in [5.41, 5.74) is -0.0677. The number of esters is 5. The van der Waals surface area contributed by atoms with E-state index in [2.05, 4.69) is 5.32 Å². The van der Waals surface area contributed by atoms with Crippen LogP contribution in [0.15, 0.2) is 24.3 Å². The first-order valence-electron chi connectivity index (χ1n) is 10.8. The molecule has 1 aliphatic heterocycles. The summed E-state index contributed by atoms with van der Waals surface area (Å²) < 4.78 is 31.6. The number of rotatable bonds is 8. The Bertz CT molecular complexity index is 1020. The fraction of sp³-hybridized carbons (Fsp3) is 0.478. The predicted molar refractivity (Wildman–Crippen MR) is 117 cm³/mol. The molecule has 1 aromatic rings. The van der Waals surface area contributed by atoms with Gasteiger partial charge in [0.1, 0.15) is 24.5 Å². The average molecular weight is 509 g/mol. The zero-order valence-corrected chi connectivity index (χ0v) is 20.3. The second-order valence-corrected chi connectivity index (χ2v) is 7.69. The first-order valence-corrected chi connectivity index (χ1v) is 10.8. The lowest BCUT2D eigenvalue weighted by atomic mass is 9.95. The maximum Gasteiger partial charge on any atom is 0.308 e. The van der Waals surface area contributed by atoms with E-state index in [9.17, 15) is 28.8 Å². The maximum atomic E-state index is 13.2. The Morgan fingerprint density at radius 1 is 0.778 bits per heavy atom. The minimum Gasteiger partial charge on any atom is -0.463 e. The van der Waals surface area contributed by atoms with Crippen LogP contribution in [0.1, 0.15) is 45.0 Å². The topological polar surface area (TPSA) is 170 Å². The second kappa shape index (κ2) is 12.6. The number of amides is 1. The zero-order chi connectivity index (χ0) is 27.0. The number of hydrogen-bond donors (Lipinski definition) is 1. The van der Waals surface area contributed by atoms with Gasteiger partial charge in [0.2, 0.25) is 6.29 Å². The molecule has 1 aromatic carbocycles. The molecular weight excluding hydrogens is 482 g/mol. The van der Waals surface area contributed by atoms with Crippen molar-refractivity contribution in [3.05, 3.63) is 29.8 Å². The number of carbonyl (C=O) groups is 6. The minimum absolute atomic E-state index is 0.0587. The van der Waals surface area contributed by atoms with Crippen LogP contribution in [0, 0.1) is 0 Å². The average Bonchev–Trinajstić information content (AvgIpc) is 2.75. The van der Waals surface area contributed by atoms with E-state index < -0.39 is 73.0 Å². The number of para-hydroxylation sites is 1. The maximum absolute atomic E-state index is 13.2. The van der Waals surface area contributed by atoms with Crippen LogP contribution in [0.25, 0.3) is 0 Å². The van der Waals surface area contributed by atoms with E-state index in [1.165, 1.54) is 18.2 Å². The van der Waals surface area contributed by atoms with Crippen LogP contribution in [0.3, 0.4) is 0 Å². The number of benzene rings is 1. The smallest absolute Gasteiger partial charge is 0.308 e. The van der Waals surface area contributed by atoms with E-state index in [0.717, 1.165) is 34.6 Å². The second-order valence-electron chi connectivity index (χ2n) is 7.69. The summed E-state index contributed by atoms with van der Waals surface area (Å²) in [7, 11) is 0. The first-order chi connectivity index (χ1) is 16.9. The number of carbonyl (C=O) groups excluding carboxylic acids is 6. The van der Waals surface area contributed by atoms with Gasteiger partial charge in [-0.2, -0.15) is 0 Å². The van der Waals surface area contributed by atoms with E-state index >= 15 is 0 Å². The number of nitrogens with one attached hydrogen (secondary N) is 1. The van der Waals surface area contributed by atoms with E-state index in [4.69, 9.17) is 28.4 Å². The summed E-state index contributed by atoms with van der Waals surface area (Å²) >= 11 is 0. The Labute approximate surface area is 206 Å². The highest BCUT2D eigenvalue weighted by Gasteiger charge is 2.52. The molecule has 0 spiro atoms. The molecule has 2 rings (SSSR count). The van der Waals surface area contributed by atoms with Gasteiger partial charge in [-0.3, -0.25) is 28.8 Å². The van der Waals surface area contributed by atoms with Gasteiger partial charge in [-0.1, -0.05) is 12.1 Å². The molecule has 196 valence electrons. The monoisotopic (exact) mass is 509 g/mol. The molecule has 0 saturated carbocycles. The molecule has 36 heavy (non-hydrogen) atoms. The van der Waals surface area contributed by atoms with Crippen molar-refractivity contribution in [2.24, 2.45) is 0 Å². The lowest BCUT2D eigenvalue weighted by molar-refractivity contribution is -0.270. The van der Waals surface area contributed by atoms with Crippen molar-refractivity contribution in [1.29, 1.82) is 0 Å². The van der Waals surface area contributed by atoms with E-state index in [1.807, 2.05) is 0 Å². The molecule has 0 radical (unpaired) electrons. The molecular formula is C23H27NO12. The Morgan fingerprint density at radius 2 is 1.36 bits per heavy atom. The Morgan fingerprint density at radius 3 is 1.92 bits per heavy atom. The molecule has 5 atom stereocenters. The molecule has 0 bridgehead atoms. The predicted octanol–water partition coefficient (Wildman–Crippen LogP) is 0.425. The molecule has 1 saturated heterocycles. The normalized spacial score (nSPS) is 23.0. The largest absolute Gasteiger partial charge is 0.463 e. The van der Waals surface area contributed by atoms with Crippen molar-refractivity contribution in [2.75, 3.05) is 6.61 Å². The van der Waals surface area contributed by atoms with Crippen LogP contribution in [0.5, 0.6) is 5.75 Å². The lowest BCUT2D eigenvalue weighted by Gasteiger charge is -2.44. The molecule has 0 unspecified atom stereocenters. The summed E-state index contributed by atoms with van der Waals surface area (Å²) in [4.78, 5) is 71.6. The molecule has 1 aliphatic rings. The highest BCUT2D eigenvalue weighted by Crippen LogP contribution is 2.29. The summed E-state index contributed by atoms with van der Waals surface area (Å²) in [6.07, 6.45) is -5.58. The lowest BCUT2D eigenvalue weighted by Crippen LogP contribution is -2.67. The van der Waals surface area contributed by atoms with E-state index in [-0.39, 0.29) is 11.3 Å². The quantitative estimate of drug-likeness (QED) is 0.292. The van der Waals surface area contributed by atoms with E-state index in [0.29, 0.717) is 0 Å². The van der Waals surface area contributed by atoms with E-state index in [1.54, 1.807) is 6.07 Å². The standard InChI is InChI=1S/C23H27NO12/c1-11(25)31-10-18-20(33-13(3)27)21(34-14(4)28)19(23(36-18)35-15(5)29)24-22(30)16-8-6-7-9-17(16)32-12(2)26/h6-9,18-21,23H,10H2,1-5H3,(H,24,30)/t18-,19+,20-,21-,23-/m0/s1. The zero-order valence-electron chi connectivity index (χ0n) is 20.3. The van der Waals surface area contributed by atoms with Crippen molar-refractivity contribution >= 4 is 35.8 Å². The van der Waals surface area contributed by atoms with Crippen LogP contribution < -0.4 is 10.1 Å². The van der Waals surface area contributed by atoms with Crippen molar-refractivity contribution in [3.63, 3.8) is 0 Å². The van der Waals surface area contributed by atoms with Crippen molar-refractivity contribution < 1.29 is 57.2 Å². The number of hydrogen-bond acceptors (Lipinski definition) is 12. The molecule has 13 heteroatoms. The van der Waals surface area contributed by atoms with Gasteiger partial charge in [0, 0.05) is 34.6 Å².